The van der Waals surface area contributed by atoms with Crippen LogP contribution in [0.4, 0.5) is 0 Å². The van der Waals surface area contributed by atoms with Gasteiger partial charge in [0.15, 0.2) is 0 Å². The van der Waals surface area contributed by atoms with E-state index in [2.05, 4.69) is 20.8 Å². The number of aliphatic hydroxyl groups is 1. The van der Waals surface area contributed by atoms with Crippen molar-refractivity contribution in [3.63, 3.8) is 0 Å². The number of rotatable bonds is 28. The first-order valence-electron chi connectivity index (χ1n) is 14.7. The third-order valence-electron chi connectivity index (χ3n) is 6.65. The molecule has 216 valence electrons. The standard InChI is InChI=1S/C28H57O6PS/c1-4-6-8-10-11-12-13-14-15-17-19-24-36-26(21-18-16-9-7-5-2)25(3)33-22-20-23-34-28(31,35-32)27(29)30/h25-26,31H,4-24,35H2,1-3H3,(H,29,30). The lowest BCUT2D eigenvalue weighted by atomic mass is 10.1. The Morgan fingerprint density at radius 1 is 0.806 bits per heavy atom. The van der Waals surface area contributed by atoms with Gasteiger partial charge in [-0.05, 0) is 31.9 Å². The third kappa shape index (κ3) is 20.0. The molecule has 8 heteroatoms. The molecule has 36 heavy (non-hydrogen) atoms. The van der Waals surface area contributed by atoms with Crippen LogP contribution in [0.25, 0.3) is 0 Å². The van der Waals surface area contributed by atoms with Gasteiger partial charge in [0.1, 0.15) is 8.46 Å². The van der Waals surface area contributed by atoms with Gasteiger partial charge in [0.05, 0.1) is 12.7 Å². The zero-order valence-electron chi connectivity index (χ0n) is 23.5. The summed E-state index contributed by atoms with van der Waals surface area (Å²) < 4.78 is 21.9. The smallest absolute Gasteiger partial charge is 0.371 e. The van der Waals surface area contributed by atoms with E-state index in [0.29, 0.717) is 18.3 Å². The highest BCUT2D eigenvalue weighted by molar-refractivity contribution is 7.99. The topological polar surface area (TPSA) is 93.1 Å². The molecule has 0 aliphatic carbocycles. The van der Waals surface area contributed by atoms with Crippen LogP contribution in [-0.4, -0.2) is 52.0 Å². The van der Waals surface area contributed by atoms with Crippen LogP contribution >= 0.6 is 20.2 Å². The number of carboxylic acid groups (broad SMARTS) is 1. The molecule has 0 bridgehead atoms. The fourth-order valence-corrected chi connectivity index (χ4v) is 5.86. The Kier molecular flexibility index (Phi) is 25.2. The number of ether oxygens (including phenoxy) is 2. The van der Waals surface area contributed by atoms with Crippen molar-refractivity contribution in [2.75, 3.05) is 19.0 Å². The summed E-state index contributed by atoms with van der Waals surface area (Å²) in [7, 11) is -1.98. The SMILES string of the molecule is CCCCCCCCCCCCCSC(CCCCCCC)C(C)OCCCOC(O)([PH2]=O)C(=O)O. The predicted octanol–water partition coefficient (Wildman–Crippen LogP) is 8.06. The maximum Gasteiger partial charge on any atom is 0.371 e. The number of thioether (sulfide) groups is 1. The molecule has 0 heterocycles. The number of carbonyl (C=O) groups is 1. The quantitative estimate of drug-likeness (QED) is 0.0576. The van der Waals surface area contributed by atoms with Crippen LogP contribution in [0.2, 0.25) is 0 Å². The molecule has 4 atom stereocenters. The Morgan fingerprint density at radius 3 is 1.81 bits per heavy atom. The first-order valence-corrected chi connectivity index (χ1v) is 16.8. The molecule has 0 saturated carbocycles. The van der Waals surface area contributed by atoms with E-state index >= 15 is 0 Å². The van der Waals surface area contributed by atoms with Crippen molar-refractivity contribution in [1.82, 2.24) is 0 Å². The third-order valence-corrected chi connectivity index (χ3v) is 8.96. The monoisotopic (exact) mass is 552 g/mol. The van der Waals surface area contributed by atoms with Crippen molar-refractivity contribution in [2.45, 2.75) is 153 Å². The summed E-state index contributed by atoms with van der Waals surface area (Å²) >= 11 is 2.04. The second-order valence-corrected chi connectivity index (χ2v) is 12.4. The van der Waals surface area contributed by atoms with Crippen molar-refractivity contribution in [3.05, 3.63) is 0 Å². The lowest BCUT2D eigenvalue weighted by Crippen LogP contribution is -2.36. The molecule has 0 rings (SSSR count). The van der Waals surface area contributed by atoms with Crippen molar-refractivity contribution < 1.29 is 29.0 Å². The molecule has 0 aromatic rings. The van der Waals surface area contributed by atoms with E-state index in [4.69, 9.17) is 14.6 Å². The van der Waals surface area contributed by atoms with Gasteiger partial charge >= 0.3 is 11.5 Å². The lowest BCUT2D eigenvalue weighted by Gasteiger charge is -2.24. The van der Waals surface area contributed by atoms with Crippen LogP contribution < -0.4 is 0 Å². The molecule has 0 aromatic heterocycles. The van der Waals surface area contributed by atoms with Gasteiger partial charge in [-0.1, -0.05) is 110 Å². The largest absolute Gasteiger partial charge is 0.477 e. The van der Waals surface area contributed by atoms with Crippen molar-refractivity contribution in [2.24, 2.45) is 0 Å². The number of hydrogen-bond acceptors (Lipinski definition) is 6. The fourth-order valence-electron chi connectivity index (χ4n) is 4.21. The van der Waals surface area contributed by atoms with E-state index in [1.54, 1.807) is 0 Å². The summed E-state index contributed by atoms with van der Waals surface area (Å²) in [4.78, 5) is 10.9. The number of hydrogen-bond donors (Lipinski definition) is 2. The van der Waals surface area contributed by atoms with Crippen molar-refractivity contribution in [1.29, 1.82) is 0 Å². The lowest BCUT2D eigenvalue weighted by molar-refractivity contribution is -0.190. The first kappa shape index (κ1) is 35.9. The van der Waals surface area contributed by atoms with E-state index in [1.165, 1.54) is 108 Å². The van der Waals surface area contributed by atoms with E-state index in [0.717, 1.165) is 6.42 Å². The molecule has 0 amide bonds. The van der Waals surface area contributed by atoms with Gasteiger partial charge in [-0.2, -0.15) is 11.8 Å². The maximum absolute atomic E-state index is 11.0. The van der Waals surface area contributed by atoms with Crippen LogP contribution in [0.5, 0.6) is 0 Å². The van der Waals surface area contributed by atoms with Gasteiger partial charge in [-0.3, -0.25) is 0 Å². The minimum Gasteiger partial charge on any atom is -0.477 e. The maximum atomic E-state index is 11.0. The van der Waals surface area contributed by atoms with Crippen LogP contribution in [0.3, 0.4) is 0 Å². The summed E-state index contributed by atoms with van der Waals surface area (Å²) in [6.45, 7) is 7.06. The molecule has 6 nitrogen and oxygen atoms in total. The molecular weight excluding hydrogens is 495 g/mol. The summed E-state index contributed by atoms with van der Waals surface area (Å²) in [5.41, 5.74) is -2.56. The van der Waals surface area contributed by atoms with Crippen LogP contribution in [-0.2, 0) is 18.8 Å². The van der Waals surface area contributed by atoms with Crippen LogP contribution in [0.15, 0.2) is 0 Å². The highest BCUT2D eigenvalue weighted by Crippen LogP contribution is 2.26. The minimum atomic E-state index is -2.56. The summed E-state index contributed by atoms with van der Waals surface area (Å²) in [5.74, 6) is -0.436. The van der Waals surface area contributed by atoms with Crippen LogP contribution in [0.1, 0.15) is 136 Å². The minimum absolute atomic E-state index is 0.00166. The second kappa shape index (κ2) is 25.2. The molecule has 0 aliphatic heterocycles. The zero-order chi connectivity index (χ0) is 26.9. The molecule has 2 N–H and O–H groups in total. The highest BCUT2D eigenvalue weighted by atomic mass is 32.2. The van der Waals surface area contributed by atoms with Gasteiger partial charge in [0, 0.05) is 11.9 Å². The number of aliphatic carboxylic acids is 1. The fraction of sp³-hybridized carbons (Fsp3) is 0.964. The Morgan fingerprint density at radius 2 is 1.31 bits per heavy atom. The van der Waals surface area contributed by atoms with Crippen molar-refractivity contribution in [3.8, 4) is 0 Å². The zero-order valence-corrected chi connectivity index (χ0v) is 25.5. The molecule has 4 unspecified atom stereocenters. The van der Waals surface area contributed by atoms with Gasteiger partial charge < -0.3 is 24.3 Å². The first-order chi connectivity index (χ1) is 17.4. The summed E-state index contributed by atoms with van der Waals surface area (Å²) in [6.07, 6.45) is 23.1. The van der Waals surface area contributed by atoms with Crippen molar-refractivity contribution >= 4 is 26.2 Å². The normalized spacial score (nSPS) is 15.3. The average molecular weight is 553 g/mol. The van der Waals surface area contributed by atoms with Gasteiger partial charge in [0.25, 0.3) is 0 Å². The molecular formula is C28H57O6PS. The van der Waals surface area contributed by atoms with Gasteiger partial charge in [-0.25, -0.2) is 4.79 Å². The van der Waals surface area contributed by atoms with E-state index < -0.39 is 20.0 Å². The number of carboxylic acids is 1. The van der Waals surface area contributed by atoms with E-state index in [1.807, 2.05) is 11.8 Å². The van der Waals surface area contributed by atoms with E-state index in [9.17, 15) is 14.5 Å². The predicted molar refractivity (Wildman–Crippen MR) is 155 cm³/mol. The summed E-state index contributed by atoms with van der Waals surface area (Å²) in [5, 5.41) is 19.0. The molecule has 0 spiro atoms. The molecule has 0 fully saturated rings. The Bertz CT molecular complexity index is 524. The van der Waals surface area contributed by atoms with Crippen LogP contribution in [0, 0.1) is 0 Å². The highest BCUT2D eigenvalue weighted by Gasteiger charge is 2.36. The molecule has 0 aromatic carbocycles. The average Bonchev–Trinajstić information content (AvgIpc) is 2.87. The Labute approximate surface area is 227 Å². The van der Waals surface area contributed by atoms with Gasteiger partial charge in [-0.15, -0.1) is 0 Å². The van der Waals surface area contributed by atoms with Gasteiger partial charge in [0.2, 0.25) is 0 Å². The number of unbranched alkanes of at least 4 members (excludes halogenated alkanes) is 14. The molecule has 0 saturated heterocycles. The van der Waals surface area contributed by atoms with E-state index in [-0.39, 0.29) is 12.7 Å². The molecule has 0 aliphatic rings. The molecule has 0 radical (unpaired) electrons. The summed E-state index contributed by atoms with van der Waals surface area (Å²) in [6, 6.07) is 0. The Balaban J connectivity index is 4.14. The Hall–Kier alpha value is -0.0700. The second-order valence-electron chi connectivity index (χ2n) is 10.0.